The summed E-state index contributed by atoms with van der Waals surface area (Å²) in [6, 6.07) is 16.3. The van der Waals surface area contributed by atoms with Crippen molar-refractivity contribution in [3.8, 4) is 5.75 Å². The average Bonchev–Trinajstić information content (AvgIpc) is 2.54. The summed E-state index contributed by atoms with van der Waals surface area (Å²) in [6.07, 6.45) is 5.84. The van der Waals surface area contributed by atoms with E-state index in [4.69, 9.17) is 4.74 Å². The van der Waals surface area contributed by atoms with Crippen LogP contribution in [0.2, 0.25) is 0 Å². The SMILES string of the molecule is C1=[N+](c2cccc3ccncc23)COc2ccccc21. The molecule has 0 fully saturated rings. The Labute approximate surface area is 116 Å². The number of rotatable bonds is 1. The van der Waals surface area contributed by atoms with Crippen LogP contribution in [0.25, 0.3) is 10.8 Å². The zero-order valence-corrected chi connectivity index (χ0v) is 10.9. The van der Waals surface area contributed by atoms with Crippen LogP contribution in [-0.4, -0.2) is 22.5 Å². The summed E-state index contributed by atoms with van der Waals surface area (Å²) in [5.74, 6) is 0.933. The fourth-order valence-corrected chi connectivity index (χ4v) is 2.55. The molecule has 0 N–H and O–H groups in total. The first-order valence-corrected chi connectivity index (χ1v) is 6.58. The first-order valence-electron chi connectivity index (χ1n) is 6.58. The van der Waals surface area contributed by atoms with Gasteiger partial charge in [0.2, 0.25) is 5.69 Å². The van der Waals surface area contributed by atoms with Crippen molar-refractivity contribution < 1.29 is 9.31 Å². The summed E-state index contributed by atoms with van der Waals surface area (Å²) in [5, 5.41) is 2.32. The standard InChI is InChI=1S/C17H13N2O/c1-2-7-17-14(4-1)11-19(12-20-17)16-6-3-5-13-8-9-18-10-15(13)16/h1-11H,12H2/q+1. The molecule has 0 radical (unpaired) electrons. The van der Waals surface area contributed by atoms with Crippen LogP contribution in [0.15, 0.2) is 60.9 Å². The van der Waals surface area contributed by atoms with E-state index in [1.165, 1.54) is 5.39 Å². The number of para-hydroxylation sites is 1. The predicted molar refractivity (Wildman–Crippen MR) is 78.8 cm³/mol. The van der Waals surface area contributed by atoms with E-state index in [0.29, 0.717) is 6.73 Å². The average molecular weight is 261 g/mol. The smallest absolute Gasteiger partial charge is 0.292 e. The van der Waals surface area contributed by atoms with E-state index in [9.17, 15) is 0 Å². The van der Waals surface area contributed by atoms with Crippen molar-refractivity contribution in [2.75, 3.05) is 6.73 Å². The molecule has 1 aliphatic heterocycles. The van der Waals surface area contributed by atoms with Crippen LogP contribution in [0.4, 0.5) is 5.69 Å². The molecule has 2 aromatic carbocycles. The van der Waals surface area contributed by atoms with Crippen LogP contribution in [-0.2, 0) is 0 Å². The molecule has 3 nitrogen and oxygen atoms in total. The molecule has 0 amide bonds. The molecule has 0 bridgehead atoms. The van der Waals surface area contributed by atoms with E-state index in [1.807, 2.05) is 36.7 Å². The van der Waals surface area contributed by atoms with E-state index >= 15 is 0 Å². The Morgan fingerprint density at radius 1 is 1.00 bits per heavy atom. The summed E-state index contributed by atoms with van der Waals surface area (Å²) in [5.41, 5.74) is 2.21. The van der Waals surface area contributed by atoms with Gasteiger partial charge in [-0.2, -0.15) is 4.58 Å². The van der Waals surface area contributed by atoms with E-state index < -0.39 is 0 Å². The van der Waals surface area contributed by atoms with E-state index in [2.05, 4.69) is 40.0 Å². The van der Waals surface area contributed by atoms with Crippen LogP contribution in [0, 0.1) is 0 Å². The fourth-order valence-electron chi connectivity index (χ4n) is 2.55. The number of fused-ring (bicyclic) bond motifs is 2. The Morgan fingerprint density at radius 3 is 2.95 bits per heavy atom. The van der Waals surface area contributed by atoms with Crippen LogP contribution < -0.4 is 4.74 Å². The highest BCUT2D eigenvalue weighted by Crippen LogP contribution is 2.27. The maximum Gasteiger partial charge on any atom is 0.292 e. The molecule has 0 atom stereocenters. The largest absolute Gasteiger partial charge is 0.435 e. The first-order chi connectivity index (χ1) is 9.92. The molecular weight excluding hydrogens is 248 g/mol. The third-order valence-electron chi connectivity index (χ3n) is 3.54. The van der Waals surface area contributed by atoms with Gasteiger partial charge in [0.15, 0.2) is 6.21 Å². The molecule has 0 unspecified atom stereocenters. The quantitative estimate of drug-likeness (QED) is 0.628. The highest BCUT2D eigenvalue weighted by molar-refractivity contribution is 5.91. The highest BCUT2D eigenvalue weighted by atomic mass is 16.5. The van der Waals surface area contributed by atoms with Crippen molar-refractivity contribution in [1.29, 1.82) is 0 Å². The monoisotopic (exact) mass is 261 g/mol. The van der Waals surface area contributed by atoms with Crippen LogP contribution in [0.1, 0.15) is 5.56 Å². The van der Waals surface area contributed by atoms with Gasteiger partial charge in [0.1, 0.15) is 5.75 Å². The van der Waals surface area contributed by atoms with Gasteiger partial charge in [-0.15, -0.1) is 0 Å². The second kappa shape index (κ2) is 4.46. The summed E-state index contributed by atoms with van der Waals surface area (Å²) in [4.78, 5) is 4.23. The lowest BCUT2D eigenvalue weighted by Crippen LogP contribution is -2.20. The Bertz CT molecular complexity index is 819. The van der Waals surface area contributed by atoms with Gasteiger partial charge >= 0.3 is 0 Å². The number of hydrogen-bond acceptors (Lipinski definition) is 2. The van der Waals surface area contributed by atoms with Crippen molar-refractivity contribution in [2.24, 2.45) is 0 Å². The lowest BCUT2D eigenvalue weighted by Gasteiger charge is -2.13. The molecule has 3 aromatic rings. The second-order valence-corrected chi connectivity index (χ2v) is 4.78. The number of nitrogens with zero attached hydrogens (tertiary/aromatic N) is 2. The van der Waals surface area contributed by atoms with E-state index in [-0.39, 0.29) is 0 Å². The number of pyridine rings is 1. The van der Waals surface area contributed by atoms with Gasteiger partial charge in [0.25, 0.3) is 6.73 Å². The molecular formula is C17H13N2O+. The first kappa shape index (κ1) is 11.2. The third-order valence-corrected chi connectivity index (χ3v) is 3.54. The highest BCUT2D eigenvalue weighted by Gasteiger charge is 2.20. The summed E-state index contributed by atoms with van der Waals surface area (Å²) >= 11 is 0. The zero-order valence-electron chi connectivity index (χ0n) is 10.9. The fraction of sp³-hybridized carbons (Fsp3) is 0.0588. The van der Waals surface area contributed by atoms with E-state index in [0.717, 1.165) is 22.4 Å². The van der Waals surface area contributed by atoms with Crippen molar-refractivity contribution >= 4 is 22.7 Å². The maximum absolute atomic E-state index is 5.81. The Morgan fingerprint density at radius 2 is 1.95 bits per heavy atom. The third kappa shape index (κ3) is 1.75. The minimum absolute atomic E-state index is 0.519. The number of aromatic nitrogens is 1. The van der Waals surface area contributed by atoms with Crippen LogP contribution in [0.5, 0.6) is 5.75 Å². The van der Waals surface area contributed by atoms with Gasteiger partial charge in [-0.25, -0.2) is 0 Å². The molecule has 0 spiro atoms. The van der Waals surface area contributed by atoms with Gasteiger partial charge in [0, 0.05) is 18.5 Å². The van der Waals surface area contributed by atoms with Gasteiger partial charge in [-0.05, 0) is 23.6 Å². The van der Waals surface area contributed by atoms with Gasteiger partial charge in [0.05, 0.1) is 10.9 Å². The lowest BCUT2D eigenvalue weighted by molar-refractivity contribution is -0.474. The summed E-state index contributed by atoms with van der Waals surface area (Å²) in [6.45, 7) is 0.519. The van der Waals surface area contributed by atoms with Gasteiger partial charge in [-0.1, -0.05) is 24.3 Å². The molecule has 4 rings (SSSR count). The molecule has 1 aliphatic rings. The van der Waals surface area contributed by atoms with Crippen molar-refractivity contribution in [3.63, 3.8) is 0 Å². The molecule has 0 saturated heterocycles. The molecule has 1 aromatic heterocycles. The zero-order chi connectivity index (χ0) is 13.4. The van der Waals surface area contributed by atoms with Gasteiger partial charge < -0.3 is 4.74 Å². The summed E-state index contributed by atoms with van der Waals surface area (Å²) in [7, 11) is 0. The van der Waals surface area contributed by atoms with Crippen LogP contribution in [0.3, 0.4) is 0 Å². The maximum atomic E-state index is 5.81. The Hall–Kier alpha value is -2.68. The van der Waals surface area contributed by atoms with E-state index in [1.54, 1.807) is 0 Å². The molecule has 0 aliphatic carbocycles. The molecule has 96 valence electrons. The van der Waals surface area contributed by atoms with Crippen LogP contribution >= 0.6 is 0 Å². The minimum Gasteiger partial charge on any atom is -0.435 e. The summed E-state index contributed by atoms with van der Waals surface area (Å²) < 4.78 is 7.93. The van der Waals surface area contributed by atoms with Crippen molar-refractivity contribution in [3.05, 3.63) is 66.5 Å². The molecule has 3 heteroatoms. The molecule has 0 saturated carbocycles. The number of hydrogen-bond donors (Lipinski definition) is 0. The topological polar surface area (TPSA) is 25.1 Å². The predicted octanol–water partition coefficient (Wildman–Crippen LogP) is 3.35. The van der Waals surface area contributed by atoms with Gasteiger partial charge in [-0.3, -0.25) is 4.98 Å². The second-order valence-electron chi connectivity index (χ2n) is 4.78. The molecule has 2 heterocycles. The number of ether oxygens (including phenoxy) is 1. The Kier molecular flexibility index (Phi) is 2.49. The molecule has 20 heavy (non-hydrogen) atoms. The number of benzene rings is 2. The van der Waals surface area contributed by atoms with Crippen molar-refractivity contribution in [1.82, 2.24) is 4.98 Å². The normalized spacial score (nSPS) is 13.5. The lowest BCUT2D eigenvalue weighted by atomic mass is 10.1. The van der Waals surface area contributed by atoms with Crippen molar-refractivity contribution in [2.45, 2.75) is 0 Å². The Balaban J connectivity index is 1.91. The minimum atomic E-state index is 0.519.